The zero-order valence-electron chi connectivity index (χ0n) is 16.8. The van der Waals surface area contributed by atoms with Gasteiger partial charge in [0.1, 0.15) is 11.4 Å². The summed E-state index contributed by atoms with van der Waals surface area (Å²) in [6, 6.07) is 16.6. The van der Waals surface area contributed by atoms with Crippen molar-refractivity contribution >= 4 is 22.9 Å². The van der Waals surface area contributed by atoms with E-state index in [1.54, 1.807) is 0 Å². The number of hydrogen-bond acceptors (Lipinski definition) is 4. The van der Waals surface area contributed by atoms with E-state index in [0.717, 1.165) is 35.1 Å². The quantitative estimate of drug-likeness (QED) is 0.799. The summed E-state index contributed by atoms with van der Waals surface area (Å²) in [6.45, 7) is 4.26. The number of amides is 2. The Morgan fingerprint density at radius 2 is 1.93 bits per heavy atom. The molecule has 1 saturated heterocycles. The predicted octanol–water partition coefficient (Wildman–Crippen LogP) is 1.19. The Morgan fingerprint density at radius 1 is 1.19 bits per heavy atom. The summed E-state index contributed by atoms with van der Waals surface area (Å²) in [5.74, 6) is 0.972. The number of nitrogens with one attached hydrogen (secondary N) is 1. The number of carbonyl (C=O) groups is 2. The fraction of sp³-hybridized carbons (Fsp3) is 0.333. The van der Waals surface area contributed by atoms with Crippen LogP contribution in [0.3, 0.4) is 0 Å². The monoisotopic (exact) mass is 391 g/mol. The second kappa shape index (κ2) is 8.00. The molecule has 4 rings (SSSR count). The molecule has 2 amide bonds. The zero-order chi connectivity index (χ0) is 18.3. The van der Waals surface area contributed by atoms with Crippen molar-refractivity contribution in [1.82, 2.24) is 5.32 Å². The normalized spacial score (nSPS) is 23.0. The molecule has 0 spiro atoms. The van der Waals surface area contributed by atoms with Crippen LogP contribution in [0.2, 0.25) is 0 Å². The number of carbonyl (C=O) groups excluding carboxylic acids is 2. The molecule has 2 atom stereocenters. The van der Waals surface area contributed by atoms with Crippen LogP contribution in [-0.2, 0) is 17.6 Å². The number of hydrogen-bond donors (Lipinski definition) is 1. The summed E-state index contributed by atoms with van der Waals surface area (Å²) in [4.78, 5) is 23.2. The summed E-state index contributed by atoms with van der Waals surface area (Å²) < 4.78 is 6.31. The van der Waals surface area contributed by atoms with E-state index >= 15 is 0 Å². The third kappa shape index (κ3) is 4.27. The summed E-state index contributed by atoms with van der Waals surface area (Å²) in [6.07, 6.45) is 1.44. The van der Waals surface area contributed by atoms with Crippen LogP contribution in [0.15, 0.2) is 48.5 Å². The van der Waals surface area contributed by atoms with Gasteiger partial charge in [0.2, 0.25) is 5.91 Å². The van der Waals surface area contributed by atoms with Crippen LogP contribution >= 0.6 is 11.8 Å². The molecule has 1 fully saturated rings. The van der Waals surface area contributed by atoms with Crippen molar-refractivity contribution in [3.8, 4) is 5.75 Å². The van der Waals surface area contributed by atoms with E-state index < -0.39 is 0 Å². The molecule has 2 heterocycles. The first-order chi connectivity index (χ1) is 12.4. The van der Waals surface area contributed by atoms with E-state index in [1.807, 2.05) is 18.2 Å². The van der Waals surface area contributed by atoms with E-state index in [0.29, 0.717) is 6.42 Å². The average Bonchev–Trinajstić information content (AvgIpc) is 2.92. The largest absolute Gasteiger partial charge is 1.00 e. The molecule has 1 N–H and O–H groups in total. The predicted molar refractivity (Wildman–Crippen MR) is 104 cm³/mol. The van der Waals surface area contributed by atoms with Crippen molar-refractivity contribution in [2.24, 2.45) is 0 Å². The van der Waals surface area contributed by atoms with Gasteiger partial charge < -0.3 is 6.16 Å². The Kier molecular flexibility index (Phi) is 6.06. The van der Waals surface area contributed by atoms with Crippen LogP contribution < -0.4 is 39.6 Å². The van der Waals surface area contributed by atoms with Gasteiger partial charge >= 0.3 is 29.6 Å². The number of imide groups is 1. The van der Waals surface area contributed by atoms with Gasteiger partial charge in [0.15, 0.2) is 0 Å². The molecular weight excluding hydrogens is 369 g/mol. The van der Waals surface area contributed by atoms with E-state index in [-0.39, 0.29) is 58.9 Å². The first-order valence-electron chi connectivity index (χ1n) is 8.79. The molecule has 0 aromatic heterocycles. The van der Waals surface area contributed by atoms with Crippen molar-refractivity contribution in [2.45, 2.75) is 43.5 Å². The Balaban J connectivity index is 0.00000140. The molecule has 2 aromatic rings. The van der Waals surface area contributed by atoms with Gasteiger partial charge in [0.25, 0.3) is 5.24 Å². The SMILES string of the molecule is CC1(C)Oc2ccc(CC3SC(=O)NC3=O)cc2CC1c1ccccc1.[H-].[Na+]. The molecule has 2 aliphatic heterocycles. The summed E-state index contributed by atoms with van der Waals surface area (Å²) in [5.41, 5.74) is 3.19. The minimum atomic E-state index is -0.341. The topological polar surface area (TPSA) is 55.4 Å². The van der Waals surface area contributed by atoms with Gasteiger partial charge in [-0.25, -0.2) is 0 Å². The Bertz CT molecular complexity index is 875. The minimum absolute atomic E-state index is 0. The molecule has 2 aliphatic rings. The molecule has 0 radical (unpaired) electrons. The van der Waals surface area contributed by atoms with Crippen LogP contribution in [0.5, 0.6) is 5.75 Å². The molecule has 4 nitrogen and oxygen atoms in total. The molecule has 27 heavy (non-hydrogen) atoms. The fourth-order valence-electron chi connectivity index (χ4n) is 3.79. The maximum absolute atomic E-state index is 11.8. The summed E-state index contributed by atoms with van der Waals surface area (Å²) >= 11 is 1.07. The average molecular weight is 391 g/mol. The van der Waals surface area contributed by atoms with Crippen LogP contribution in [0.1, 0.15) is 37.9 Å². The van der Waals surface area contributed by atoms with Crippen molar-refractivity contribution in [3.05, 3.63) is 65.2 Å². The Labute approximate surface area is 187 Å². The van der Waals surface area contributed by atoms with E-state index in [9.17, 15) is 9.59 Å². The molecule has 2 aromatic carbocycles. The van der Waals surface area contributed by atoms with Gasteiger partial charge in [0, 0.05) is 5.92 Å². The van der Waals surface area contributed by atoms with Crippen LogP contribution in [0, 0.1) is 0 Å². The first-order valence-corrected chi connectivity index (χ1v) is 9.67. The van der Waals surface area contributed by atoms with E-state index in [1.165, 1.54) is 5.56 Å². The maximum atomic E-state index is 11.8. The standard InChI is InChI=1S/C21H21NO3S.Na.H/c1-21(2)16(14-6-4-3-5-7-14)12-15-10-13(8-9-17(15)25-21)11-18-19(23)22-20(24)26-18;;/h3-10,16,18H,11-12H2,1-2H3,(H,22,23,24);;/q;+1;-1. The second-order valence-electron chi connectivity index (χ2n) is 7.40. The molecular formula is C21H22NNaO3S. The molecule has 0 aliphatic carbocycles. The fourth-order valence-corrected chi connectivity index (χ4v) is 4.65. The maximum Gasteiger partial charge on any atom is 1.00 e. The zero-order valence-corrected chi connectivity index (χ0v) is 18.6. The molecule has 136 valence electrons. The van der Waals surface area contributed by atoms with E-state index in [2.05, 4.69) is 49.5 Å². The van der Waals surface area contributed by atoms with Gasteiger partial charge in [-0.2, -0.15) is 0 Å². The first kappa shape index (κ1) is 20.5. The van der Waals surface area contributed by atoms with Gasteiger partial charge in [-0.15, -0.1) is 0 Å². The second-order valence-corrected chi connectivity index (χ2v) is 8.58. The molecule has 0 saturated carbocycles. The smallest absolute Gasteiger partial charge is 1.00 e. The third-order valence-electron chi connectivity index (χ3n) is 5.15. The molecule has 0 bridgehead atoms. The number of ether oxygens (including phenoxy) is 1. The summed E-state index contributed by atoms with van der Waals surface area (Å²) in [5, 5.41) is 1.75. The van der Waals surface area contributed by atoms with Gasteiger partial charge in [-0.05, 0) is 49.4 Å². The van der Waals surface area contributed by atoms with Gasteiger partial charge in [0.05, 0.1) is 5.25 Å². The Morgan fingerprint density at radius 3 is 2.59 bits per heavy atom. The minimum Gasteiger partial charge on any atom is -1.00 e. The Hall–Kier alpha value is -1.27. The number of benzene rings is 2. The summed E-state index contributed by atoms with van der Waals surface area (Å²) in [7, 11) is 0. The van der Waals surface area contributed by atoms with Crippen LogP contribution in [0.25, 0.3) is 0 Å². The van der Waals surface area contributed by atoms with Crippen molar-refractivity contribution in [3.63, 3.8) is 0 Å². The molecule has 6 heteroatoms. The van der Waals surface area contributed by atoms with Gasteiger partial charge in [-0.3, -0.25) is 14.9 Å². The van der Waals surface area contributed by atoms with Gasteiger partial charge in [-0.1, -0.05) is 54.2 Å². The number of rotatable bonds is 3. The van der Waals surface area contributed by atoms with Crippen LogP contribution in [0.4, 0.5) is 4.79 Å². The van der Waals surface area contributed by atoms with Crippen molar-refractivity contribution < 1.29 is 45.3 Å². The van der Waals surface area contributed by atoms with Crippen LogP contribution in [-0.4, -0.2) is 22.0 Å². The number of thioether (sulfide) groups is 1. The van der Waals surface area contributed by atoms with Crippen molar-refractivity contribution in [2.75, 3.05) is 0 Å². The molecule has 2 unspecified atom stereocenters. The van der Waals surface area contributed by atoms with E-state index in [4.69, 9.17) is 4.74 Å². The third-order valence-corrected chi connectivity index (χ3v) is 6.13. The number of fused-ring (bicyclic) bond motifs is 1. The van der Waals surface area contributed by atoms with Crippen molar-refractivity contribution in [1.29, 1.82) is 0 Å².